The summed E-state index contributed by atoms with van der Waals surface area (Å²) in [5.74, 6) is 2.30. The fourth-order valence-electron chi connectivity index (χ4n) is 3.89. The molecule has 1 fully saturated rings. The Labute approximate surface area is 188 Å². The van der Waals surface area contributed by atoms with Crippen LogP contribution in [0.3, 0.4) is 0 Å². The van der Waals surface area contributed by atoms with Gasteiger partial charge in [-0.1, -0.05) is 18.2 Å². The Morgan fingerprint density at radius 2 is 1.84 bits per heavy atom. The molecule has 0 radical (unpaired) electrons. The summed E-state index contributed by atoms with van der Waals surface area (Å²) in [5.41, 5.74) is 0.819. The maximum Gasteiger partial charge on any atom is 0.283 e. The molecule has 166 valence electrons. The fraction of sp³-hybridized carbons (Fsp3) is 0.364. The van der Waals surface area contributed by atoms with Crippen molar-refractivity contribution in [2.24, 2.45) is 0 Å². The zero-order valence-electron chi connectivity index (χ0n) is 17.6. The first-order valence-electron chi connectivity index (χ1n) is 10.6. The standard InChI is InChI=1S/C22H23FN6O2S/c1-15(28-11-3-2-4-12-28)20-25-27-22(29(20)17-9-7-16(23)8-10-17)32-14-19-24-26-21(31-19)18-6-5-13-30-18/h5-10,13,15H,2-4,11-12,14H2,1H3/t15-/m1/s1. The SMILES string of the molecule is C[C@H](c1nnc(SCc2nnc(-c3ccco3)o2)n1-c1ccc(F)cc1)N1CCCCC1. The smallest absolute Gasteiger partial charge is 0.283 e. The van der Waals surface area contributed by atoms with Crippen LogP contribution in [0.25, 0.3) is 17.3 Å². The Hall–Kier alpha value is -2.98. The quantitative estimate of drug-likeness (QED) is 0.365. The predicted molar refractivity (Wildman–Crippen MR) is 117 cm³/mol. The van der Waals surface area contributed by atoms with E-state index in [-0.39, 0.29) is 11.9 Å². The molecule has 0 bridgehead atoms. The molecule has 1 aromatic carbocycles. The maximum atomic E-state index is 13.6. The zero-order valence-corrected chi connectivity index (χ0v) is 18.5. The summed E-state index contributed by atoms with van der Waals surface area (Å²) in [5, 5.41) is 17.8. The number of likely N-dealkylation sites (tertiary alicyclic amines) is 1. The molecule has 4 aromatic rings. The molecule has 1 saturated heterocycles. The lowest BCUT2D eigenvalue weighted by Crippen LogP contribution is -2.33. The molecular weight excluding hydrogens is 431 g/mol. The molecule has 1 atom stereocenters. The van der Waals surface area contributed by atoms with Crippen molar-refractivity contribution in [3.05, 3.63) is 60.2 Å². The Bertz CT molecular complexity index is 1150. The number of nitrogens with zero attached hydrogens (tertiary/aromatic N) is 6. The van der Waals surface area contributed by atoms with Crippen molar-refractivity contribution in [3.63, 3.8) is 0 Å². The molecule has 1 aliphatic heterocycles. The highest BCUT2D eigenvalue weighted by Crippen LogP contribution is 2.31. The number of aromatic nitrogens is 5. The van der Waals surface area contributed by atoms with Gasteiger partial charge in [0, 0.05) is 5.69 Å². The second-order valence-corrected chi connectivity index (χ2v) is 8.63. The van der Waals surface area contributed by atoms with Crippen LogP contribution in [0.15, 0.2) is 56.7 Å². The highest BCUT2D eigenvalue weighted by molar-refractivity contribution is 7.98. The minimum Gasteiger partial charge on any atom is -0.459 e. The molecule has 5 rings (SSSR count). The van der Waals surface area contributed by atoms with Gasteiger partial charge in [0.25, 0.3) is 5.89 Å². The second-order valence-electron chi connectivity index (χ2n) is 7.69. The van der Waals surface area contributed by atoms with Crippen LogP contribution in [0, 0.1) is 5.82 Å². The zero-order chi connectivity index (χ0) is 21.9. The monoisotopic (exact) mass is 454 g/mol. The summed E-state index contributed by atoms with van der Waals surface area (Å²) < 4.78 is 26.6. The number of rotatable bonds is 7. The number of benzene rings is 1. The summed E-state index contributed by atoms with van der Waals surface area (Å²) >= 11 is 1.44. The van der Waals surface area contributed by atoms with E-state index in [1.807, 2.05) is 4.57 Å². The van der Waals surface area contributed by atoms with Crippen LogP contribution in [0.2, 0.25) is 0 Å². The van der Waals surface area contributed by atoms with E-state index < -0.39 is 0 Å². The Morgan fingerprint density at radius 1 is 1.03 bits per heavy atom. The van der Waals surface area contributed by atoms with Crippen molar-refractivity contribution in [2.75, 3.05) is 13.1 Å². The van der Waals surface area contributed by atoms with Crippen LogP contribution >= 0.6 is 11.8 Å². The van der Waals surface area contributed by atoms with Gasteiger partial charge in [0.15, 0.2) is 16.7 Å². The van der Waals surface area contributed by atoms with Gasteiger partial charge in [0.1, 0.15) is 5.82 Å². The van der Waals surface area contributed by atoms with E-state index >= 15 is 0 Å². The average molecular weight is 455 g/mol. The largest absolute Gasteiger partial charge is 0.459 e. The van der Waals surface area contributed by atoms with Gasteiger partial charge in [-0.25, -0.2) is 4.39 Å². The lowest BCUT2D eigenvalue weighted by Gasteiger charge is -2.31. The summed E-state index contributed by atoms with van der Waals surface area (Å²) in [6.07, 6.45) is 5.20. The van der Waals surface area contributed by atoms with Crippen LogP contribution < -0.4 is 0 Å². The van der Waals surface area contributed by atoms with Crippen LogP contribution in [-0.4, -0.2) is 43.0 Å². The summed E-state index contributed by atoms with van der Waals surface area (Å²) in [4.78, 5) is 2.43. The molecule has 32 heavy (non-hydrogen) atoms. The molecule has 0 N–H and O–H groups in total. The summed E-state index contributed by atoms with van der Waals surface area (Å²) in [6.45, 7) is 4.23. The van der Waals surface area contributed by atoms with Crippen LogP contribution in [-0.2, 0) is 5.75 Å². The fourth-order valence-corrected chi connectivity index (χ4v) is 4.68. The molecule has 0 aliphatic carbocycles. The van der Waals surface area contributed by atoms with Crippen LogP contribution in [0.5, 0.6) is 0 Å². The van der Waals surface area contributed by atoms with E-state index in [2.05, 4.69) is 32.2 Å². The molecule has 1 aliphatic rings. The molecule has 0 spiro atoms. The highest BCUT2D eigenvalue weighted by atomic mass is 32.2. The maximum absolute atomic E-state index is 13.6. The van der Waals surface area contributed by atoms with Gasteiger partial charge in [0.2, 0.25) is 5.89 Å². The predicted octanol–water partition coefficient (Wildman–Crippen LogP) is 4.89. The van der Waals surface area contributed by atoms with Crippen LogP contribution in [0.1, 0.15) is 43.9 Å². The molecule has 0 unspecified atom stereocenters. The Morgan fingerprint density at radius 3 is 2.59 bits per heavy atom. The van der Waals surface area contributed by atoms with E-state index in [9.17, 15) is 4.39 Å². The van der Waals surface area contributed by atoms with Gasteiger partial charge in [-0.2, -0.15) is 0 Å². The number of thioether (sulfide) groups is 1. The normalized spacial score (nSPS) is 15.8. The van der Waals surface area contributed by atoms with Gasteiger partial charge < -0.3 is 8.83 Å². The summed E-state index contributed by atoms with van der Waals surface area (Å²) in [6, 6.07) is 10.0. The van der Waals surface area contributed by atoms with Gasteiger partial charge in [-0.3, -0.25) is 9.47 Å². The molecule has 3 aromatic heterocycles. The van der Waals surface area contributed by atoms with Crippen LogP contribution in [0.4, 0.5) is 4.39 Å². The lowest BCUT2D eigenvalue weighted by molar-refractivity contribution is 0.167. The number of piperidine rings is 1. The molecule has 8 nitrogen and oxygen atoms in total. The van der Waals surface area contributed by atoms with Crippen molar-refractivity contribution in [1.29, 1.82) is 0 Å². The minimum atomic E-state index is -0.280. The van der Waals surface area contributed by atoms with E-state index in [0.29, 0.717) is 28.5 Å². The molecular formula is C22H23FN6O2S. The molecule has 0 saturated carbocycles. The lowest BCUT2D eigenvalue weighted by atomic mass is 10.1. The number of halogens is 1. The minimum absolute atomic E-state index is 0.0937. The third kappa shape index (κ3) is 4.33. The van der Waals surface area contributed by atoms with E-state index in [1.54, 1.807) is 30.5 Å². The molecule has 4 heterocycles. The first-order valence-corrected chi connectivity index (χ1v) is 11.6. The van der Waals surface area contributed by atoms with Gasteiger partial charge in [0.05, 0.1) is 18.1 Å². The summed E-state index contributed by atoms with van der Waals surface area (Å²) in [7, 11) is 0. The van der Waals surface area contributed by atoms with E-state index in [4.69, 9.17) is 8.83 Å². The molecule has 10 heteroatoms. The van der Waals surface area contributed by atoms with Crippen molar-refractivity contribution < 1.29 is 13.2 Å². The first kappa shape index (κ1) is 20.9. The Kier molecular flexibility index (Phi) is 6.04. The Balaban J connectivity index is 1.41. The van der Waals surface area contributed by atoms with Gasteiger partial charge in [-0.05, 0) is 69.3 Å². The van der Waals surface area contributed by atoms with Crippen molar-refractivity contribution in [1.82, 2.24) is 29.9 Å². The second kappa shape index (κ2) is 9.25. The van der Waals surface area contributed by atoms with Crippen molar-refractivity contribution >= 4 is 11.8 Å². The number of hydrogen-bond acceptors (Lipinski definition) is 8. The van der Waals surface area contributed by atoms with E-state index in [0.717, 1.165) is 24.6 Å². The van der Waals surface area contributed by atoms with Gasteiger partial charge in [-0.15, -0.1) is 20.4 Å². The third-order valence-electron chi connectivity index (χ3n) is 5.58. The van der Waals surface area contributed by atoms with Gasteiger partial charge >= 0.3 is 0 Å². The third-order valence-corrected chi connectivity index (χ3v) is 6.49. The highest BCUT2D eigenvalue weighted by Gasteiger charge is 2.26. The first-order chi connectivity index (χ1) is 15.7. The topological polar surface area (TPSA) is 86.0 Å². The number of furan rings is 1. The van der Waals surface area contributed by atoms with E-state index in [1.165, 1.54) is 43.2 Å². The molecule has 0 amide bonds. The van der Waals surface area contributed by atoms with Crippen molar-refractivity contribution in [2.45, 2.75) is 43.1 Å². The number of hydrogen-bond donors (Lipinski definition) is 0. The average Bonchev–Trinajstić information content (AvgIpc) is 3.59. The van der Waals surface area contributed by atoms with Crippen molar-refractivity contribution in [3.8, 4) is 17.3 Å².